The number of piperidine rings is 1. The van der Waals surface area contributed by atoms with Gasteiger partial charge in [0.2, 0.25) is 0 Å². The topological polar surface area (TPSA) is 63.2 Å². The molecule has 0 atom stereocenters. The molecule has 2 aliphatic heterocycles. The van der Waals surface area contributed by atoms with Crippen LogP contribution in [0.15, 0.2) is 30.6 Å². The number of likely N-dealkylation sites (tertiary alicyclic amines) is 1. The van der Waals surface area contributed by atoms with Crippen LogP contribution in [-0.4, -0.2) is 58.0 Å². The van der Waals surface area contributed by atoms with Crippen molar-refractivity contribution in [3.05, 3.63) is 36.3 Å². The van der Waals surface area contributed by atoms with E-state index in [1.807, 2.05) is 18.5 Å². The lowest BCUT2D eigenvalue weighted by atomic mass is 9.73. The Kier molecular flexibility index (Phi) is 6.52. The molecular weight excluding hydrogens is 434 g/mol. The lowest BCUT2D eigenvalue weighted by molar-refractivity contribution is -0.114. The monoisotopic (exact) mass is 475 g/mol. The van der Waals surface area contributed by atoms with Crippen LogP contribution in [0.25, 0.3) is 11.1 Å². The van der Waals surface area contributed by atoms with E-state index >= 15 is 0 Å². The summed E-state index contributed by atoms with van der Waals surface area (Å²) in [7, 11) is 0. The van der Waals surface area contributed by atoms with Crippen LogP contribution in [0.1, 0.15) is 89.2 Å². The summed E-state index contributed by atoms with van der Waals surface area (Å²) in [6, 6.07) is 6.85. The highest BCUT2D eigenvalue weighted by Crippen LogP contribution is 2.43. The fraction of sp³-hybridized carbons (Fsp3) is 0.690. The molecule has 1 spiro atoms. The van der Waals surface area contributed by atoms with Crippen LogP contribution in [0.2, 0.25) is 0 Å². The van der Waals surface area contributed by atoms with Gasteiger partial charge in [0.15, 0.2) is 0 Å². The van der Waals surface area contributed by atoms with E-state index in [1.165, 1.54) is 102 Å². The van der Waals surface area contributed by atoms with Crippen LogP contribution >= 0.6 is 0 Å². The van der Waals surface area contributed by atoms with Gasteiger partial charge in [-0.25, -0.2) is 0 Å². The summed E-state index contributed by atoms with van der Waals surface area (Å²) in [6.07, 6.45) is 17.6. The average molecular weight is 476 g/mol. The summed E-state index contributed by atoms with van der Waals surface area (Å²) in [5, 5.41) is 12.5. The molecule has 0 aromatic carbocycles. The second kappa shape index (κ2) is 9.78. The first kappa shape index (κ1) is 23.4. The molecule has 2 aromatic rings. The number of rotatable bonds is 6. The Morgan fingerprint density at radius 2 is 1.89 bits per heavy atom. The average Bonchev–Trinajstić information content (AvgIpc) is 3.74. The van der Waals surface area contributed by atoms with Gasteiger partial charge < -0.3 is 15.0 Å². The predicted molar refractivity (Wildman–Crippen MR) is 139 cm³/mol. The molecule has 6 heteroatoms. The largest absolute Gasteiger partial charge is 0.375 e. The molecular formula is C29H41N5O. The molecule has 6 rings (SSSR count). The van der Waals surface area contributed by atoms with Gasteiger partial charge in [0, 0.05) is 55.5 Å². The SMILES string of the molecule is CC1(CN2CCC3(CCCCO3)CC2)CCC(Nc2cc(-c3cccnc3C3CC3)cnn2)CC1. The van der Waals surface area contributed by atoms with Crippen molar-refractivity contribution in [2.75, 3.05) is 31.6 Å². The third kappa shape index (κ3) is 5.39. The minimum atomic E-state index is 0.210. The van der Waals surface area contributed by atoms with E-state index in [0.717, 1.165) is 18.0 Å². The second-order valence-electron chi connectivity index (χ2n) is 12.0. The van der Waals surface area contributed by atoms with E-state index in [0.29, 0.717) is 17.4 Å². The molecule has 1 N–H and O–H groups in total. The lowest BCUT2D eigenvalue weighted by Gasteiger charge is -2.47. The van der Waals surface area contributed by atoms with Crippen molar-refractivity contribution in [1.29, 1.82) is 0 Å². The van der Waals surface area contributed by atoms with E-state index in [1.54, 1.807) is 0 Å². The fourth-order valence-corrected chi connectivity index (χ4v) is 6.72. The van der Waals surface area contributed by atoms with Gasteiger partial charge >= 0.3 is 0 Å². The number of hydrogen-bond donors (Lipinski definition) is 1. The van der Waals surface area contributed by atoms with Gasteiger partial charge in [-0.2, -0.15) is 5.10 Å². The number of ether oxygens (including phenoxy) is 1. The van der Waals surface area contributed by atoms with Crippen molar-refractivity contribution < 1.29 is 4.74 Å². The van der Waals surface area contributed by atoms with E-state index in [4.69, 9.17) is 4.74 Å². The Balaban J connectivity index is 1.02. The normalized spacial score (nSPS) is 29.2. The van der Waals surface area contributed by atoms with Gasteiger partial charge in [-0.15, -0.1) is 5.10 Å². The molecule has 0 radical (unpaired) electrons. The minimum Gasteiger partial charge on any atom is -0.375 e. The summed E-state index contributed by atoms with van der Waals surface area (Å²) in [5.74, 6) is 1.52. The molecule has 4 aliphatic rings. The number of nitrogens with one attached hydrogen (secondary N) is 1. The highest BCUT2D eigenvalue weighted by molar-refractivity contribution is 5.68. The Hall–Kier alpha value is -2.05. The zero-order chi connectivity index (χ0) is 23.7. The van der Waals surface area contributed by atoms with Crippen molar-refractivity contribution in [3.8, 4) is 11.1 Å². The minimum absolute atomic E-state index is 0.210. The number of hydrogen-bond acceptors (Lipinski definition) is 6. The Labute approximate surface area is 210 Å². The smallest absolute Gasteiger partial charge is 0.149 e. The van der Waals surface area contributed by atoms with E-state index in [9.17, 15) is 0 Å². The van der Waals surface area contributed by atoms with Gasteiger partial charge in [-0.1, -0.05) is 13.0 Å². The zero-order valence-electron chi connectivity index (χ0n) is 21.3. The van der Waals surface area contributed by atoms with E-state index in [-0.39, 0.29) is 5.60 Å². The van der Waals surface area contributed by atoms with Crippen LogP contribution in [0.3, 0.4) is 0 Å². The molecule has 2 aliphatic carbocycles. The first-order chi connectivity index (χ1) is 17.1. The predicted octanol–water partition coefficient (Wildman–Crippen LogP) is 5.81. The third-order valence-corrected chi connectivity index (χ3v) is 9.12. The molecule has 4 fully saturated rings. The van der Waals surface area contributed by atoms with Crippen LogP contribution < -0.4 is 5.32 Å². The summed E-state index contributed by atoms with van der Waals surface area (Å²) in [5.41, 5.74) is 4.19. The maximum absolute atomic E-state index is 6.25. The van der Waals surface area contributed by atoms with Gasteiger partial charge in [-0.05, 0) is 88.2 Å². The van der Waals surface area contributed by atoms with Gasteiger partial charge in [0.05, 0.1) is 17.5 Å². The van der Waals surface area contributed by atoms with Crippen LogP contribution in [0.5, 0.6) is 0 Å². The molecule has 2 saturated carbocycles. The number of anilines is 1. The quantitative estimate of drug-likeness (QED) is 0.569. The van der Waals surface area contributed by atoms with Crippen molar-refractivity contribution in [1.82, 2.24) is 20.1 Å². The van der Waals surface area contributed by atoms with Crippen molar-refractivity contribution in [2.45, 2.75) is 95.1 Å². The standard InChI is InChI=1S/C29H41N5O/c1-28(21-34-16-13-29(14-17-34)10-2-3-18-35-29)11-8-24(9-12-28)32-26-19-23(20-31-33-26)25-5-4-15-30-27(25)22-6-7-22/h4-5,15,19-20,22,24H,2-3,6-14,16-18,21H2,1H3,(H,32,33). The Bertz CT molecular complexity index is 998. The molecule has 35 heavy (non-hydrogen) atoms. The summed E-state index contributed by atoms with van der Waals surface area (Å²) in [6.45, 7) is 7.12. The van der Waals surface area contributed by atoms with Crippen molar-refractivity contribution in [2.24, 2.45) is 5.41 Å². The van der Waals surface area contributed by atoms with Gasteiger partial charge in [0.25, 0.3) is 0 Å². The maximum Gasteiger partial charge on any atom is 0.149 e. The van der Waals surface area contributed by atoms with Crippen LogP contribution in [0.4, 0.5) is 5.82 Å². The number of pyridine rings is 1. The summed E-state index contributed by atoms with van der Waals surface area (Å²) in [4.78, 5) is 7.39. The molecule has 6 nitrogen and oxygen atoms in total. The van der Waals surface area contributed by atoms with Crippen LogP contribution in [0, 0.1) is 5.41 Å². The second-order valence-corrected chi connectivity index (χ2v) is 12.0. The fourth-order valence-electron chi connectivity index (χ4n) is 6.72. The maximum atomic E-state index is 6.25. The highest BCUT2D eigenvalue weighted by atomic mass is 16.5. The third-order valence-electron chi connectivity index (χ3n) is 9.12. The molecule has 2 aromatic heterocycles. The molecule has 2 saturated heterocycles. The van der Waals surface area contributed by atoms with Crippen LogP contribution in [-0.2, 0) is 4.74 Å². The summed E-state index contributed by atoms with van der Waals surface area (Å²) < 4.78 is 6.25. The molecule has 0 unspecified atom stereocenters. The Morgan fingerprint density at radius 3 is 2.63 bits per heavy atom. The first-order valence-corrected chi connectivity index (χ1v) is 14.0. The first-order valence-electron chi connectivity index (χ1n) is 14.0. The van der Waals surface area contributed by atoms with Gasteiger partial charge in [0.1, 0.15) is 5.82 Å². The molecule has 4 heterocycles. The molecule has 188 valence electrons. The van der Waals surface area contributed by atoms with Crippen molar-refractivity contribution in [3.63, 3.8) is 0 Å². The Morgan fingerprint density at radius 1 is 1.06 bits per heavy atom. The lowest BCUT2D eigenvalue weighted by Crippen LogP contribution is -2.50. The number of nitrogens with zero attached hydrogens (tertiary/aromatic N) is 4. The highest BCUT2D eigenvalue weighted by Gasteiger charge is 2.39. The number of aromatic nitrogens is 3. The van der Waals surface area contributed by atoms with Gasteiger partial charge in [-0.3, -0.25) is 4.98 Å². The summed E-state index contributed by atoms with van der Waals surface area (Å²) >= 11 is 0. The van der Waals surface area contributed by atoms with Crippen molar-refractivity contribution >= 4 is 5.82 Å². The zero-order valence-corrected chi connectivity index (χ0v) is 21.3. The van der Waals surface area contributed by atoms with E-state index < -0.39 is 0 Å². The van der Waals surface area contributed by atoms with E-state index in [2.05, 4.69) is 44.5 Å². The molecule has 0 amide bonds. The molecule has 0 bridgehead atoms.